The molecule has 0 aliphatic heterocycles. The van der Waals surface area contributed by atoms with Gasteiger partial charge in [0.05, 0.1) is 22.8 Å². The predicted octanol–water partition coefficient (Wildman–Crippen LogP) is 3.30. The van der Waals surface area contributed by atoms with Gasteiger partial charge in [-0.25, -0.2) is 9.97 Å². The molecule has 4 N–H and O–H groups in total. The second-order valence-corrected chi connectivity index (χ2v) is 5.84. The van der Waals surface area contributed by atoms with Gasteiger partial charge in [0.2, 0.25) is 5.95 Å². The fourth-order valence-electron chi connectivity index (χ4n) is 2.57. The van der Waals surface area contributed by atoms with E-state index in [1.54, 1.807) is 12.3 Å². The predicted molar refractivity (Wildman–Crippen MR) is 96.8 cm³/mol. The number of aromatic amines is 2. The Morgan fingerprint density at radius 2 is 2.00 bits per heavy atom. The first kappa shape index (κ1) is 15.1. The van der Waals surface area contributed by atoms with Crippen LogP contribution in [0.3, 0.4) is 0 Å². The zero-order chi connectivity index (χ0) is 17.2. The van der Waals surface area contributed by atoms with E-state index in [-0.39, 0.29) is 6.04 Å². The van der Waals surface area contributed by atoms with Crippen LogP contribution in [0.4, 0.5) is 17.6 Å². The maximum atomic E-state index is 4.65. The smallest absolute Gasteiger partial charge is 0.225 e. The molecule has 0 aliphatic carbocycles. The van der Waals surface area contributed by atoms with Crippen molar-refractivity contribution in [2.45, 2.75) is 19.9 Å². The van der Waals surface area contributed by atoms with Gasteiger partial charge in [-0.2, -0.15) is 10.1 Å². The van der Waals surface area contributed by atoms with E-state index in [9.17, 15) is 0 Å². The second kappa shape index (κ2) is 6.23. The summed E-state index contributed by atoms with van der Waals surface area (Å²) >= 11 is 0. The molecule has 1 atom stereocenters. The van der Waals surface area contributed by atoms with Crippen LogP contribution in [0.5, 0.6) is 0 Å². The molecule has 0 aliphatic rings. The van der Waals surface area contributed by atoms with Gasteiger partial charge in [0, 0.05) is 24.2 Å². The highest BCUT2D eigenvalue weighted by Crippen LogP contribution is 2.19. The van der Waals surface area contributed by atoms with Gasteiger partial charge in [-0.15, -0.1) is 0 Å². The molecule has 0 radical (unpaired) electrons. The van der Waals surface area contributed by atoms with Crippen LogP contribution >= 0.6 is 0 Å². The number of nitrogens with one attached hydrogen (secondary N) is 4. The molecular weight excluding hydrogens is 316 g/mol. The molecule has 126 valence electrons. The number of pyridine rings is 1. The first-order valence-electron chi connectivity index (χ1n) is 8.00. The first-order valence-corrected chi connectivity index (χ1v) is 8.00. The van der Waals surface area contributed by atoms with Crippen LogP contribution in [0, 0.1) is 6.92 Å². The SMILES string of the molecule is Cc1cc(Nc2ccnc(N[C@@H](C)c3ccc4[nH]ccc4n3)n2)n[nH]1. The van der Waals surface area contributed by atoms with E-state index in [0.717, 1.165) is 28.2 Å². The number of hydrogen-bond acceptors (Lipinski definition) is 6. The third kappa shape index (κ3) is 3.27. The van der Waals surface area contributed by atoms with Gasteiger partial charge in [0.25, 0.3) is 0 Å². The number of anilines is 3. The minimum Gasteiger partial charge on any atom is -0.360 e. The van der Waals surface area contributed by atoms with Gasteiger partial charge in [-0.05, 0) is 38.1 Å². The van der Waals surface area contributed by atoms with Crippen molar-refractivity contribution in [3.05, 3.63) is 54.1 Å². The molecular formula is C17H18N8. The minimum absolute atomic E-state index is 0.0258. The van der Waals surface area contributed by atoms with Crippen molar-refractivity contribution in [2.75, 3.05) is 10.6 Å². The monoisotopic (exact) mass is 334 g/mol. The Balaban J connectivity index is 1.50. The van der Waals surface area contributed by atoms with E-state index in [2.05, 4.69) is 40.8 Å². The summed E-state index contributed by atoms with van der Waals surface area (Å²) in [6, 6.07) is 9.65. The molecule has 0 amide bonds. The van der Waals surface area contributed by atoms with Gasteiger partial charge < -0.3 is 15.6 Å². The normalized spacial score (nSPS) is 12.2. The van der Waals surface area contributed by atoms with E-state index in [1.807, 2.05) is 44.3 Å². The highest BCUT2D eigenvalue weighted by molar-refractivity contribution is 5.74. The molecule has 0 bridgehead atoms. The summed E-state index contributed by atoms with van der Waals surface area (Å²) in [5.41, 5.74) is 3.87. The van der Waals surface area contributed by atoms with Crippen molar-refractivity contribution >= 4 is 28.6 Å². The molecule has 8 nitrogen and oxygen atoms in total. The van der Waals surface area contributed by atoms with Gasteiger partial charge in [0.15, 0.2) is 5.82 Å². The largest absolute Gasteiger partial charge is 0.360 e. The lowest BCUT2D eigenvalue weighted by Gasteiger charge is -2.14. The maximum absolute atomic E-state index is 4.65. The zero-order valence-electron chi connectivity index (χ0n) is 13.9. The zero-order valence-corrected chi connectivity index (χ0v) is 13.9. The summed E-state index contributed by atoms with van der Waals surface area (Å²) in [4.78, 5) is 16.5. The average molecular weight is 334 g/mol. The Morgan fingerprint density at radius 1 is 1.08 bits per heavy atom. The van der Waals surface area contributed by atoms with E-state index >= 15 is 0 Å². The lowest BCUT2D eigenvalue weighted by atomic mass is 10.2. The van der Waals surface area contributed by atoms with Crippen molar-refractivity contribution in [3.8, 4) is 0 Å². The summed E-state index contributed by atoms with van der Waals surface area (Å²) in [5, 5.41) is 13.5. The molecule has 25 heavy (non-hydrogen) atoms. The lowest BCUT2D eigenvalue weighted by molar-refractivity contribution is 0.828. The quantitative estimate of drug-likeness (QED) is 0.446. The van der Waals surface area contributed by atoms with E-state index < -0.39 is 0 Å². The Morgan fingerprint density at radius 3 is 2.84 bits per heavy atom. The molecule has 0 saturated carbocycles. The number of fused-ring (bicyclic) bond motifs is 1. The van der Waals surface area contributed by atoms with Crippen molar-refractivity contribution in [1.29, 1.82) is 0 Å². The summed E-state index contributed by atoms with van der Waals surface area (Å²) in [7, 11) is 0. The number of rotatable bonds is 5. The summed E-state index contributed by atoms with van der Waals surface area (Å²) in [6.07, 6.45) is 3.58. The molecule has 0 unspecified atom stereocenters. The fraction of sp³-hybridized carbons (Fsp3) is 0.176. The van der Waals surface area contributed by atoms with Gasteiger partial charge in [0.1, 0.15) is 5.82 Å². The molecule has 0 aromatic carbocycles. The summed E-state index contributed by atoms with van der Waals surface area (Å²) in [5.74, 6) is 1.92. The average Bonchev–Trinajstić information content (AvgIpc) is 3.23. The van der Waals surface area contributed by atoms with Gasteiger partial charge >= 0.3 is 0 Å². The number of aromatic nitrogens is 6. The molecule has 8 heteroatoms. The van der Waals surface area contributed by atoms with Crippen molar-refractivity contribution < 1.29 is 0 Å². The Kier molecular flexibility index (Phi) is 3.77. The molecule has 4 aromatic heterocycles. The molecule has 0 saturated heterocycles. The van der Waals surface area contributed by atoms with E-state index in [4.69, 9.17) is 0 Å². The topological polar surface area (TPSA) is 107 Å². The first-order chi connectivity index (χ1) is 12.2. The Hall–Kier alpha value is -3.42. The van der Waals surface area contributed by atoms with Crippen LogP contribution in [0.15, 0.2) is 42.7 Å². The van der Waals surface area contributed by atoms with E-state index in [0.29, 0.717) is 11.8 Å². The maximum Gasteiger partial charge on any atom is 0.225 e. The van der Waals surface area contributed by atoms with Crippen molar-refractivity contribution in [3.63, 3.8) is 0 Å². The van der Waals surface area contributed by atoms with Crippen LogP contribution in [0.1, 0.15) is 24.4 Å². The second-order valence-electron chi connectivity index (χ2n) is 5.84. The van der Waals surface area contributed by atoms with Crippen LogP contribution in [0.25, 0.3) is 11.0 Å². The van der Waals surface area contributed by atoms with Crippen molar-refractivity contribution in [1.82, 2.24) is 30.1 Å². The molecule has 4 rings (SSSR count). The van der Waals surface area contributed by atoms with Crippen LogP contribution in [-0.2, 0) is 0 Å². The highest BCUT2D eigenvalue weighted by Gasteiger charge is 2.10. The fourth-order valence-corrected chi connectivity index (χ4v) is 2.57. The van der Waals surface area contributed by atoms with Gasteiger partial charge in [-0.1, -0.05) is 0 Å². The molecule has 4 aromatic rings. The van der Waals surface area contributed by atoms with Crippen LogP contribution in [-0.4, -0.2) is 30.1 Å². The molecule has 0 fully saturated rings. The molecule has 4 heterocycles. The summed E-state index contributed by atoms with van der Waals surface area (Å²) in [6.45, 7) is 3.97. The van der Waals surface area contributed by atoms with E-state index in [1.165, 1.54) is 0 Å². The third-order valence-corrected chi connectivity index (χ3v) is 3.83. The number of H-pyrrole nitrogens is 2. The lowest BCUT2D eigenvalue weighted by Crippen LogP contribution is -2.11. The number of nitrogens with zero attached hydrogens (tertiary/aromatic N) is 4. The highest BCUT2D eigenvalue weighted by atomic mass is 15.2. The number of aryl methyl sites for hydroxylation is 1. The summed E-state index contributed by atoms with van der Waals surface area (Å²) < 4.78 is 0. The third-order valence-electron chi connectivity index (χ3n) is 3.83. The Labute approximate surface area is 144 Å². The standard InChI is InChI=1S/C17H18N8/c1-10-9-16(25-24-10)22-15-6-8-19-17(23-15)20-11(2)12-3-4-13-14(21-12)5-7-18-13/h3-9,11,18H,1-2H3,(H3,19,20,22,23,24,25)/t11-/m0/s1. The van der Waals surface area contributed by atoms with Crippen LogP contribution in [0.2, 0.25) is 0 Å². The van der Waals surface area contributed by atoms with Gasteiger partial charge in [-0.3, -0.25) is 5.10 Å². The number of hydrogen-bond donors (Lipinski definition) is 4. The molecule has 0 spiro atoms. The Bertz CT molecular complexity index is 1000. The van der Waals surface area contributed by atoms with Crippen LogP contribution < -0.4 is 10.6 Å². The minimum atomic E-state index is -0.0258. The van der Waals surface area contributed by atoms with Crippen molar-refractivity contribution in [2.24, 2.45) is 0 Å².